The molecule has 0 saturated carbocycles. The van der Waals surface area contributed by atoms with Gasteiger partial charge in [-0.25, -0.2) is 0 Å². The number of aliphatic hydroxyl groups excluding tert-OH is 1. The highest BCUT2D eigenvalue weighted by Gasteiger charge is 2.17. The maximum absolute atomic E-state index is 8.81. The Labute approximate surface area is 62.6 Å². The Hall–Kier alpha value is -0.0800. The molecule has 0 aliphatic carbocycles. The van der Waals surface area contributed by atoms with E-state index < -0.39 is 0 Å². The molecule has 1 fully saturated rings. The summed E-state index contributed by atoms with van der Waals surface area (Å²) < 4.78 is 0. The molecule has 0 bridgehead atoms. The minimum atomic E-state index is 0.351. The number of aliphatic hydroxyl groups is 1. The normalized spacial score (nSPS) is 34.2. The Morgan fingerprint density at radius 1 is 1.50 bits per heavy atom. The van der Waals surface area contributed by atoms with Crippen molar-refractivity contribution in [2.24, 2.45) is 5.92 Å². The number of rotatable bonds is 2. The van der Waals surface area contributed by atoms with Crippen LogP contribution in [-0.4, -0.2) is 24.3 Å². The van der Waals surface area contributed by atoms with Crippen molar-refractivity contribution in [1.82, 2.24) is 5.32 Å². The van der Waals surface area contributed by atoms with Crippen molar-refractivity contribution < 1.29 is 5.11 Å². The Bertz CT molecular complexity index is 75.3. The monoisotopic (exact) mass is 143 g/mol. The quantitative estimate of drug-likeness (QED) is 0.598. The summed E-state index contributed by atoms with van der Waals surface area (Å²) in [6.07, 6.45) is 3.65. The van der Waals surface area contributed by atoms with E-state index in [1.165, 1.54) is 19.3 Å². The second-order valence-corrected chi connectivity index (χ2v) is 3.14. The van der Waals surface area contributed by atoms with Crippen molar-refractivity contribution in [3.05, 3.63) is 0 Å². The lowest BCUT2D eigenvalue weighted by molar-refractivity contribution is 0.182. The molecule has 1 rings (SSSR count). The van der Waals surface area contributed by atoms with Crippen LogP contribution in [0.1, 0.15) is 26.2 Å². The molecular weight excluding hydrogens is 126 g/mol. The zero-order valence-electron chi connectivity index (χ0n) is 6.64. The third-order valence-electron chi connectivity index (χ3n) is 2.37. The van der Waals surface area contributed by atoms with Crippen LogP contribution in [0, 0.1) is 5.92 Å². The van der Waals surface area contributed by atoms with Gasteiger partial charge in [0.25, 0.3) is 0 Å². The number of nitrogens with one attached hydrogen (secondary N) is 1. The Morgan fingerprint density at radius 3 is 2.70 bits per heavy atom. The van der Waals surface area contributed by atoms with Gasteiger partial charge in [-0.3, -0.25) is 0 Å². The van der Waals surface area contributed by atoms with Gasteiger partial charge in [-0.1, -0.05) is 6.92 Å². The van der Waals surface area contributed by atoms with Crippen molar-refractivity contribution in [1.29, 1.82) is 0 Å². The van der Waals surface area contributed by atoms with Crippen LogP contribution in [0.2, 0.25) is 0 Å². The summed E-state index contributed by atoms with van der Waals surface area (Å²) in [6, 6.07) is 0.711. The van der Waals surface area contributed by atoms with E-state index in [-0.39, 0.29) is 0 Å². The predicted molar refractivity (Wildman–Crippen MR) is 41.9 cm³/mol. The smallest absolute Gasteiger partial charge is 0.0471 e. The lowest BCUT2D eigenvalue weighted by atomic mass is 9.94. The molecule has 1 saturated heterocycles. The van der Waals surface area contributed by atoms with Gasteiger partial charge in [-0.2, -0.15) is 0 Å². The highest BCUT2D eigenvalue weighted by molar-refractivity contribution is 4.75. The van der Waals surface area contributed by atoms with Gasteiger partial charge in [0.15, 0.2) is 0 Å². The molecule has 2 unspecified atom stereocenters. The van der Waals surface area contributed by atoms with Crippen LogP contribution < -0.4 is 5.32 Å². The van der Waals surface area contributed by atoms with E-state index in [9.17, 15) is 0 Å². The van der Waals surface area contributed by atoms with E-state index in [1.54, 1.807) is 0 Å². The lowest BCUT2D eigenvalue weighted by Crippen LogP contribution is -2.39. The molecule has 0 aromatic rings. The van der Waals surface area contributed by atoms with Gasteiger partial charge in [0.1, 0.15) is 0 Å². The van der Waals surface area contributed by atoms with Gasteiger partial charge in [-0.05, 0) is 25.2 Å². The van der Waals surface area contributed by atoms with Gasteiger partial charge in [0.05, 0.1) is 0 Å². The molecule has 2 nitrogen and oxygen atoms in total. The molecule has 10 heavy (non-hydrogen) atoms. The molecular formula is C8H17NO. The van der Waals surface area contributed by atoms with Crippen LogP contribution in [-0.2, 0) is 0 Å². The standard InChI is InChI=1S/C8H17NO/c1-2-8-4-3-7(6-10)5-9-8/h7-10H,2-6H2,1H3. The zero-order chi connectivity index (χ0) is 7.40. The van der Waals surface area contributed by atoms with Gasteiger partial charge in [-0.15, -0.1) is 0 Å². The highest BCUT2D eigenvalue weighted by Crippen LogP contribution is 2.14. The summed E-state index contributed by atoms with van der Waals surface area (Å²) in [6.45, 7) is 3.56. The predicted octanol–water partition coefficient (Wildman–Crippen LogP) is 0.757. The number of hydrogen-bond acceptors (Lipinski definition) is 2. The highest BCUT2D eigenvalue weighted by atomic mass is 16.3. The van der Waals surface area contributed by atoms with Gasteiger partial charge < -0.3 is 10.4 Å². The first kappa shape index (κ1) is 8.02. The topological polar surface area (TPSA) is 32.3 Å². The fourth-order valence-electron chi connectivity index (χ4n) is 1.48. The van der Waals surface area contributed by atoms with Crippen molar-refractivity contribution >= 4 is 0 Å². The maximum atomic E-state index is 8.81. The van der Waals surface area contributed by atoms with Gasteiger partial charge in [0, 0.05) is 19.2 Å². The fourth-order valence-corrected chi connectivity index (χ4v) is 1.48. The SMILES string of the molecule is CCC1CCC(CO)CN1. The maximum Gasteiger partial charge on any atom is 0.0471 e. The van der Waals surface area contributed by atoms with Gasteiger partial charge >= 0.3 is 0 Å². The molecule has 1 aliphatic heterocycles. The first-order valence-corrected chi connectivity index (χ1v) is 4.21. The first-order valence-electron chi connectivity index (χ1n) is 4.21. The van der Waals surface area contributed by atoms with Crippen LogP contribution in [0.4, 0.5) is 0 Å². The Balaban J connectivity index is 2.17. The van der Waals surface area contributed by atoms with E-state index in [0.29, 0.717) is 18.6 Å². The third-order valence-corrected chi connectivity index (χ3v) is 2.37. The summed E-state index contributed by atoms with van der Waals surface area (Å²) in [5.74, 6) is 0.516. The third kappa shape index (κ3) is 1.96. The summed E-state index contributed by atoms with van der Waals surface area (Å²) in [5.41, 5.74) is 0. The summed E-state index contributed by atoms with van der Waals surface area (Å²) in [5, 5.41) is 12.2. The minimum Gasteiger partial charge on any atom is -0.396 e. The first-order chi connectivity index (χ1) is 4.86. The van der Waals surface area contributed by atoms with Crippen molar-refractivity contribution in [2.75, 3.05) is 13.2 Å². The van der Waals surface area contributed by atoms with E-state index in [4.69, 9.17) is 5.11 Å². The average Bonchev–Trinajstić information content (AvgIpc) is 2.05. The number of hydrogen-bond donors (Lipinski definition) is 2. The Kier molecular flexibility index (Phi) is 3.16. The van der Waals surface area contributed by atoms with E-state index in [1.807, 2.05) is 0 Å². The fraction of sp³-hybridized carbons (Fsp3) is 1.00. The molecule has 2 heteroatoms. The molecule has 2 N–H and O–H groups in total. The van der Waals surface area contributed by atoms with Crippen molar-refractivity contribution in [3.63, 3.8) is 0 Å². The van der Waals surface area contributed by atoms with E-state index >= 15 is 0 Å². The zero-order valence-corrected chi connectivity index (χ0v) is 6.64. The molecule has 0 radical (unpaired) electrons. The van der Waals surface area contributed by atoms with Crippen LogP contribution in [0.15, 0.2) is 0 Å². The van der Waals surface area contributed by atoms with Crippen LogP contribution in [0.3, 0.4) is 0 Å². The van der Waals surface area contributed by atoms with Gasteiger partial charge in [0.2, 0.25) is 0 Å². The molecule has 0 spiro atoms. The van der Waals surface area contributed by atoms with E-state index in [2.05, 4.69) is 12.2 Å². The lowest BCUT2D eigenvalue weighted by Gasteiger charge is -2.27. The summed E-state index contributed by atoms with van der Waals surface area (Å²) in [7, 11) is 0. The molecule has 1 heterocycles. The Morgan fingerprint density at radius 2 is 2.30 bits per heavy atom. The summed E-state index contributed by atoms with van der Waals surface area (Å²) >= 11 is 0. The van der Waals surface area contributed by atoms with Crippen LogP contribution in [0.25, 0.3) is 0 Å². The molecule has 60 valence electrons. The average molecular weight is 143 g/mol. The second-order valence-electron chi connectivity index (χ2n) is 3.14. The van der Waals surface area contributed by atoms with Crippen molar-refractivity contribution in [2.45, 2.75) is 32.2 Å². The van der Waals surface area contributed by atoms with Crippen LogP contribution in [0.5, 0.6) is 0 Å². The minimum absolute atomic E-state index is 0.351. The molecule has 0 amide bonds. The summed E-state index contributed by atoms with van der Waals surface area (Å²) in [4.78, 5) is 0. The molecule has 0 aromatic heterocycles. The number of piperidine rings is 1. The van der Waals surface area contributed by atoms with E-state index in [0.717, 1.165) is 6.54 Å². The molecule has 2 atom stereocenters. The van der Waals surface area contributed by atoms with Crippen LogP contribution >= 0.6 is 0 Å². The second kappa shape index (κ2) is 3.94. The largest absolute Gasteiger partial charge is 0.396 e. The molecule has 0 aromatic carbocycles. The molecule has 1 aliphatic rings. The van der Waals surface area contributed by atoms with Crippen molar-refractivity contribution in [3.8, 4) is 0 Å².